The molecule has 1 aliphatic rings. The van der Waals surface area contributed by atoms with Gasteiger partial charge in [0.25, 0.3) is 5.69 Å². The van der Waals surface area contributed by atoms with Gasteiger partial charge in [-0.1, -0.05) is 18.2 Å². The number of ether oxygens (including phenoxy) is 1. The van der Waals surface area contributed by atoms with Gasteiger partial charge in [0, 0.05) is 6.07 Å². The summed E-state index contributed by atoms with van der Waals surface area (Å²) in [4.78, 5) is 15.1. The lowest BCUT2D eigenvalue weighted by Gasteiger charge is -2.20. The van der Waals surface area contributed by atoms with Crippen molar-refractivity contribution in [1.29, 1.82) is 0 Å². The molecule has 1 N–H and O–H groups in total. The SMILES string of the molecule is O=[N+]([O-])c1cnc2c(c1)S(=O)c1cc(Oc3ccccc3)ccc1N2. The summed E-state index contributed by atoms with van der Waals surface area (Å²) in [6.07, 6.45) is 1.14. The van der Waals surface area contributed by atoms with Gasteiger partial charge >= 0.3 is 0 Å². The van der Waals surface area contributed by atoms with Gasteiger partial charge in [0.15, 0.2) is 0 Å². The van der Waals surface area contributed by atoms with Crippen molar-refractivity contribution in [2.75, 3.05) is 5.32 Å². The van der Waals surface area contributed by atoms with Crippen LogP contribution in [0, 0.1) is 10.1 Å². The molecule has 7 nitrogen and oxygen atoms in total. The van der Waals surface area contributed by atoms with E-state index in [0.717, 1.165) is 6.20 Å². The molecule has 124 valence electrons. The van der Waals surface area contributed by atoms with Gasteiger partial charge in [0.05, 0.1) is 31.2 Å². The summed E-state index contributed by atoms with van der Waals surface area (Å²) >= 11 is 0. The van der Waals surface area contributed by atoms with E-state index >= 15 is 0 Å². The van der Waals surface area contributed by atoms with E-state index in [2.05, 4.69) is 10.3 Å². The number of hydrogen-bond acceptors (Lipinski definition) is 6. The predicted molar refractivity (Wildman–Crippen MR) is 91.8 cm³/mol. The van der Waals surface area contributed by atoms with E-state index in [0.29, 0.717) is 27.9 Å². The molecule has 0 aliphatic carbocycles. The number of benzene rings is 2. The molecule has 8 heteroatoms. The highest BCUT2D eigenvalue weighted by Gasteiger charge is 2.26. The van der Waals surface area contributed by atoms with E-state index in [1.54, 1.807) is 18.2 Å². The summed E-state index contributed by atoms with van der Waals surface area (Å²) in [5.74, 6) is 1.55. The molecule has 0 bridgehead atoms. The molecule has 3 aromatic rings. The molecule has 0 saturated heterocycles. The molecule has 4 rings (SSSR count). The Morgan fingerprint density at radius 2 is 1.84 bits per heavy atom. The number of pyridine rings is 1. The van der Waals surface area contributed by atoms with E-state index in [-0.39, 0.29) is 10.6 Å². The van der Waals surface area contributed by atoms with Gasteiger partial charge in [-0.2, -0.15) is 0 Å². The lowest BCUT2D eigenvalue weighted by molar-refractivity contribution is -0.385. The maximum atomic E-state index is 12.8. The molecular formula is C17H11N3O4S. The van der Waals surface area contributed by atoms with E-state index < -0.39 is 15.7 Å². The second kappa shape index (κ2) is 5.99. The van der Waals surface area contributed by atoms with Crippen molar-refractivity contribution in [3.05, 3.63) is 70.9 Å². The van der Waals surface area contributed by atoms with Crippen LogP contribution in [-0.4, -0.2) is 14.1 Å². The maximum absolute atomic E-state index is 12.8. The van der Waals surface area contributed by atoms with Crippen LogP contribution >= 0.6 is 0 Å². The topological polar surface area (TPSA) is 94.4 Å². The van der Waals surface area contributed by atoms with Crippen LogP contribution < -0.4 is 10.1 Å². The van der Waals surface area contributed by atoms with Gasteiger partial charge in [-0.3, -0.25) is 10.1 Å². The van der Waals surface area contributed by atoms with Crippen molar-refractivity contribution >= 4 is 28.0 Å². The molecule has 1 aromatic heterocycles. The third-order valence-corrected chi connectivity index (χ3v) is 5.08. The minimum Gasteiger partial charge on any atom is -0.457 e. The molecule has 0 amide bonds. The van der Waals surface area contributed by atoms with Crippen LogP contribution in [0.5, 0.6) is 11.5 Å². The fourth-order valence-corrected chi connectivity index (χ4v) is 3.75. The van der Waals surface area contributed by atoms with Gasteiger partial charge in [-0.05, 0) is 30.3 Å². The van der Waals surface area contributed by atoms with Gasteiger partial charge in [-0.25, -0.2) is 9.19 Å². The predicted octanol–water partition coefficient (Wildman–Crippen LogP) is 4.01. The van der Waals surface area contributed by atoms with Crippen LogP contribution in [0.4, 0.5) is 17.2 Å². The maximum Gasteiger partial charge on any atom is 0.288 e. The summed E-state index contributed by atoms with van der Waals surface area (Å²) in [6, 6.07) is 15.7. The summed E-state index contributed by atoms with van der Waals surface area (Å²) in [5, 5.41) is 14.0. The molecule has 2 heterocycles. The Balaban J connectivity index is 1.71. The standard InChI is InChI=1S/C17H11N3O4S/c21-20(22)11-8-16-17(18-10-11)19-14-7-6-13(9-15(14)25(16)23)24-12-4-2-1-3-5-12/h1-10H,(H,18,19). The quantitative estimate of drug-likeness (QED) is 0.442. The summed E-state index contributed by atoms with van der Waals surface area (Å²) < 4.78 is 18.6. The summed E-state index contributed by atoms with van der Waals surface area (Å²) in [7, 11) is -1.59. The van der Waals surface area contributed by atoms with Gasteiger partial charge in [0.2, 0.25) is 0 Å². The highest BCUT2D eigenvalue weighted by Crippen LogP contribution is 2.39. The molecule has 2 aromatic carbocycles. The Bertz CT molecular complexity index is 1010. The van der Waals surface area contributed by atoms with Crippen molar-refractivity contribution in [3.63, 3.8) is 0 Å². The zero-order valence-electron chi connectivity index (χ0n) is 12.7. The fourth-order valence-electron chi connectivity index (χ4n) is 2.46. The molecule has 0 radical (unpaired) electrons. The largest absolute Gasteiger partial charge is 0.457 e. The third kappa shape index (κ3) is 2.83. The molecule has 1 aliphatic heterocycles. The first-order valence-corrected chi connectivity index (χ1v) is 8.47. The summed E-state index contributed by atoms with van der Waals surface area (Å²) in [6.45, 7) is 0. The highest BCUT2D eigenvalue weighted by atomic mass is 32.2. The summed E-state index contributed by atoms with van der Waals surface area (Å²) in [5.41, 5.74) is 0.432. The first kappa shape index (κ1) is 15.3. The minimum absolute atomic E-state index is 0.200. The molecule has 1 atom stereocenters. The van der Waals surface area contributed by atoms with Gasteiger partial charge in [0.1, 0.15) is 23.5 Å². The Morgan fingerprint density at radius 1 is 1.04 bits per heavy atom. The van der Waals surface area contributed by atoms with E-state index in [9.17, 15) is 14.3 Å². The molecular weight excluding hydrogens is 342 g/mol. The fraction of sp³-hybridized carbons (Fsp3) is 0. The highest BCUT2D eigenvalue weighted by molar-refractivity contribution is 7.85. The number of nitro groups is 1. The third-order valence-electron chi connectivity index (χ3n) is 3.63. The van der Waals surface area contributed by atoms with Crippen molar-refractivity contribution in [1.82, 2.24) is 4.98 Å². The number of hydrogen-bond donors (Lipinski definition) is 1. The van der Waals surface area contributed by atoms with E-state index in [4.69, 9.17) is 4.74 Å². The van der Waals surface area contributed by atoms with Crippen molar-refractivity contribution in [2.45, 2.75) is 9.79 Å². The zero-order valence-corrected chi connectivity index (χ0v) is 13.5. The normalized spacial score (nSPS) is 14.8. The molecule has 0 fully saturated rings. The average Bonchev–Trinajstić information content (AvgIpc) is 2.63. The van der Waals surface area contributed by atoms with Crippen LogP contribution in [0.1, 0.15) is 0 Å². The lowest BCUT2D eigenvalue weighted by Crippen LogP contribution is -2.10. The number of fused-ring (bicyclic) bond motifs is 2. The number of anilines is 2. The van der Waals surface area contributed by atoms with Crippen LogP contribution in [0.3, 0.4) is 0 Å². The van der Waals surface area contributed by atoms with Crippen molar-refractivity contribution in [2.24, 2.45) is 0 Å². The van der Waals surface area contributed by atoms with Crippen molar-refractivity contribution in [3.8, 4) is 11.5 Å². The van der Waals surface area contributed by atoms with E-state index in [1.165, 1.54) is 6.07 Å². The molecule has 0 saturated carbocycles. The first-order chi connectivity index (χ1) is 12.1. The van der Waals surface area contributed by atoms with Crippen molar-refractivity contribution < 1.29 is 13.9 Å². The Kier molecular flexibility index (Phi) is 3.66. The van der Waals surface area contributed by atoms with Crippen LogP contribution in [0.15, 0.2) is 70.6 Å². The lowest BCUT2D eigenvalue weighted by atomic mass is 10.2. The van der Waals surface area contributed by atoms with Crippen LogP contribution in [0.2, 0.25) is 0 Å². The molecule has 25 heavy (non-hydrogen) atoms. The monoisotopic (exact) mass is 353 g/mol. The molecule has 0 spiro atoms. The number of nitrogens with one attached hydrogen (secondary N) is 1. The Morgan fingerprint density at radius 3 is 2.60 bits per heavy atom. The molecule has 1 unspecified atom stereocenters. The second-order valence-corrected chi connectivity index (χ2v) is 6.68. The van der Waals surface area contributed by atoms with Gasteiger partial charge < -0.3 is 10.1 Å². The number of aromatic nitrogens is 1. The smallest absolute Gasteiger partial charge is 0.288 e. The average molecular weight is 353 g/mol. The number of para-hydroxylation sites is 1. The van der Waals surface area contributed by atoms with Gasteiger partial charge in [-0.15, -0.1) is 0 Å². The first-order valence-electron chi connectivity index (χ1n) is 7.32. The Hall–Kier alpha value is -3.26. The second-order valence-electron chi connectivity index (χ2n) is 5.26. The zero-order chi connectivity index (χ0) is 17.4. The van der Waals surface area contributed by atoms with Crippen LogP contribution in [-0.2, 0) is 10.8 Å². The van der Waals surface area contributed by atoms with E-state index in [1.807, 2.05) is 30.3 Å². The Labute approximate surface area is 144 Å². The number of rotatable bonds is 3. The minimum atomic E-state index is -1.59. The number of nitrogens with zero attached hydrogens (tertiary/aromatic N) is 2. The van der Waals surface area contributed by atoms with Crippen LogP contribution in [0.25, 0.3) is 0 Å².